The first kappa shape index (κ1) is 25.8. The van der Waals surface area contributed by atoms with Crippen LogP contribution in [0.2, 0.25) is 0 Å². The molecule has 5 rings (SSSR count). The van der Waals surface area contributed by atoms with Gasteiger partial charge in [0, 0.05) is 48.7 Å². The van der Waals surface area contributed by atoms with Gasteiger partial charge < -0.3 is 24.4 Å². The Hall–Kier alpha value is -4.84. The zero-order chi connectivity index (χ0) is 27.0. The van der Waals surface area contributed by atoms with Gasteiger partial charge in [0.15, 0.2) is 0 Å². The molecule has 1 aliphatic heterocycles. The normalized spacial score (nSPS) is 13.4. The minimum absolute atomic E-state index is 0.332. The van der Waals surface area contributed by atoms with E-state index >= 15 is 0 Å². The lowest BCUT2D eigenvalue weighted by Crippen LogP contribution is -2.37. The monoisotopic (exact) mass is 528 g/mol. The van der Waals surface area contributed by atoms with Gasteiger partial charge in [-0.2, -0.15) is 4.98 Å². The van der Waals surface area contributed by atoms with E-state index in [9.17, 15) is 4.79 Å². The number of carbonyl (C=O) groups is 1. The van der Waals surface area contributed by atoms with Gasteiger partial charge in [0.25, 0.3) is 0 Å². The van der Waals surface area contributed by atoms with E-state index in [2.05, 4.69) is 30.7 Å². The van der Waals surface area contributed by atoms with Crippen LogP contribution >= 0.6 is 0 Å². The van der Waals surface area contributed by atoms with Crippen LogP contribution in [0.5, 0.6) is 5.75 Å². The highest BCUT2D eigenvalue weighted by atomic mass is 16.5. The minimum atomic E-state index is -0.378. The molecule has 0 bridgehead atoms. The standard InChI is InChI=1S/C27H28N8O4/c1-3-39-25(36)8-7-19-5-4-6-20(13-19)24-17-28-27(31-26(24)34-9-11-38-12-10-34)30-21-14-22(16-23(15-21)37-2)35-18-29-32-33-35/h4-8,13-18H,3,9-12H2,1-2H3,(H,28,30,31). The van der Waals surface area contributed by atoms with Gasteiger partial charge in [0.05, 0.1) is 32.6 Å². The fourth-order valence-electron chi connectivity index (χ4n) is 4.13. The van der Waals surface area contributed by atoms with Crippen LogP contribution in [0.3, 0.4) is 0 Å². The van der Waals surface area contributed by atoms with Gasteiger partial charge in [0.1, 0.15) is 17.9 Å². The maximum Gasteiger partial charge on any atom is 0.330 e. The Morgan fingerprint density at radius 3 is 2.82 bits per heavy atom. The molecule has 1 saturated heterocycles. The molecule has 1 aliphatic rings. The third kappa shape index (κ3) is 6.36. The van der Waals surface area contributed by atoms with Gasteiger partial charge in [0.2, 0.25) is 5.95 Å². The number of benzene rings is 2. The Labute approximate surface area is 225 Å². The topological polar surface area (TPSA) is 129 Å². The van der Waals surface area contributed by atoms with E-state index in [1.54, 1.807) is 31.0 Å². The number of methoxy groups -OCH3 is 1. The van der Waals surface area contributed by atoms with Gasteiger partial charge in [-0.15, -0.1) is 5.10 Å². The van der Waals surface area contributed by atoms with Crippen LogP contribution in [0, 0.1) is 0 Å². The molecule has 200 valence electrons. The Morgan fingerprint density at radius 2 is 2.05 bits per heavy atom. The van der Waals surface area contributed by atoms with Crippen molar-refractivity contribution in [2.75, 3.05) is 50.2 Å². The molecular formula is C27H28N8O4. The molecule has 1 N–H and O–H groups in total. The average molecular weight is 529 g/mol. The Morgan fingerprint density at radius 1 is 1.18 bits per heavy atom. The van der Waals surface area contributed by atoms with Crippen molar-refractivity contribution in [3.63, 3.8) is 0 Å². The molecule has 0 radical (unpaired) electrons. The number of anilines is 3. The van der Waals surface area contributed by atoms with E-state index < -0.39 is 0 Å². The van der Waals surface area contributed by atoms with Crippen molar-refractivity contribution in [3.05, 3.63) is 66.6 Å². The number of nitrogens with zero attached hydrogens (tertiary/aromatic N) is 7. The van der Waals surface area contributed by atoms with Gasteiger partial charge in [-0.1, -0.05) is 18.2 Å². The second-order valence-corrected chi connectivity index (χ2v) is 8.54. The fourth-order valence-corrected chi connectivity index (χ4v) is 4.13. The first-order chi connectivity index (χ1) is 19.1. The molecule has 39 heavy (non-hydrogen) atoms. The molecule has 0 saturated carbocycles. The molecule has 3 heterocycles. The predicted octanol–water partition coefficient (Wildman–Crippen LogP) is 3.28. The number of esters is 1. The number of carbonyl (C=O) groups excluding carboxylic acids is 1. The Bertz CT molecular complexity index is 1450. The van der Waals surface area contributed by atoms with Crippen LogP contribution in [0.4, 0.5) is 17.5 Å². The number of nitrogens with one attached hydrogen (secondary N) is 1. The highest BCUT2D eigenvalue weighted by Gasteiger charge is 2.19. The minimum Gasteiger partial charge on any atom is -0.497 e. The largest absolute Gasteiger partial charge is 0.497 e. The van der Waals surface area contributed by atoms with Crippen LogP contribution in [0.25, 0.3) is 22.9 Å². The molecule has 12 nitrogen and oxygen atoms in total. The smallest absolute Gasteiger partial charge is 0.330 e. The van der Waals surface area contributed by atoms with Crippen molar-refractivity contribution in [1.82, 2.24) is 30.2 Å². The third-order valence-corrected chi connectivity index (χ3v) is 5.97. The summed E-state index contributed by atoms with van der Waals surface area (Å²) in [6, 6.07) is 13.4. The van der Waals surface area contributed by atoms with Crippen molar-refractivity contribution >= 4 is 29.5 Å². The molecule has 0 amide bonds. The maximum absolute atomic E-state index is 11.8. The Kier molecular flexibility index (Phi) is 8.03. The number of ether oxygens (including phenoxy) is 3. The number of morpholine rings is 1. The lowest BCUT2D eigenvalue weighted by molar-refractivity contribution is -0.137. The third-order valence-electron chi connectivity index (χ3n) is 5.97. The summed E-state index contributed by atoms with van der Waals surface area (Å²) in [6.07, 6.45) is 6.47. The van der Waals surface area contributed by atoms with Gasteiger partial charge in [-0.05, 0) is 46.7 Å². The molecular weight excluding hydrogens is 500 g/mol. The predicted molar refractivity (Wildman–Crippen MR) is 145 cm³/mol. The highest BCUT2D eigenvalue weighted by molar-refractivity contribution is 5.87. The van der Waals surface area contributed by atoms with Gasteiger partial charge in [-0.3, -0.25) is 0 Å². The molecule has 4 aromatic rings. The number of aromatic nitrogens is 6. The maximum atomic E-state index is 11.8. The zero-order valence-corrected chi connectivity index (χ0v) is 21.6. The van der Waals surface area contributed by atoms with Gasteiger partial charge >= 0.3 is 5.97 Å². The SMILES string of the molecule is CCOC(=O)C=Cc1cccc(-c2cnc(Nc3cc(OC)cc(-n4cnnn4)c3)nc2N2CCOCC2)c1. The number of hydrogen-bond donors (Lipinski definition) is 1. The number of hydrogen-bond acceptors (Lipinski definition) is 11. The van der Waals surface area contributed by atoms with Crippen molar-refractivity contribution in [3.8, 4) is 22.6 Å². The summed E-state index contributed by atoms with van der Waals surface area (Å²) in [5, 5.41) is 14.7. The molecule has 0 unspecified atom stereocenters. The zero-order valence-electron chi connectivity index (χ0n) is 21.6. The molecule has 0 atom stereocenters. The van der Waals surface area contributed by atoms with E-state index in [1.807, 2.05) is 42.5 Å². The summed E-state index contributed by atoms with van der Waals surface area (Å²) in [5.41, 5.74) is 4.10. The molecule has 2 aromatic carbocycles. The molecule has 1 fully saturated rings. The molecule has 2 aromatic heterocycles. The first-order valence-corrected chi connectivity index (χ1v) is 12.5. The lowest BCUT2D eigenvalue weighted by Gasteiger charge is -2.29. The van der Waals surface area contributed by atoms with E-state index in [-0.39, 0.29) is 5.97 Å². The second kappa shape index (κ2) is 12.1. The summed E-state index contributed by atoms with van der Waals surface area (Å²) in [6.45, 7) is 4.74. The van der Waals surface area contributed by atoms with E-state index in [0.717, 1.165) is 28.2 Å². The average Bonchev–Trinajstić information content (AvgIpc) is 3.52. The number of tetrazole rings is 1. The summed E-state index contributed by atoms with van der Waals surface area (Å²) < 4.78 is 17.6. The molecule has 12 heteroatoms. The molecule has 0 spiro atoms. The van der Waals surface area contributed by atoms with Crippen molar-refractivity contribution in [2.24, 2.45) is 0 Å². The van der Waals surface area contributed by atoms with Crippen LogP contribution in [-0.2, 0) is 14.3 Å². The first-order valence-electron chi connectivity index (χ1n) is 12.5. The summed E-state index contributed by atoms with van der Waals surface area (Å²) in [5.74, 6) is 1.46. The lowest BCUT2D eigenvalue weighted by atomic mass is 10.0. The van der Waals surface area contributed by atoms with Crippen molar-refractivity contribution < 1.29 is 19.0 Å². The Balaban J connectivity index is 1.48. The second-order valence-electron chi connectivity index (χ2n) is 8.54. The highest BCUT2D eigenvalue weighted by Crippen LogP contribution is 2.32. The van der Waals surface area contributed by atoms with Crippen LogP contribution in [-0.4, -0.2) is 76.2 Å². The summed E-state index contributed by atoms with van der Waals surface area (Å²) in [7, 11) is 1.60. The summed E-state index contributed by atoms with van der Waals surface area (Å²) in [4.78, 5) is 23.5. The van der Waals surface area contributed by atoms with Crippen LogP contribution in [0.15, 0.2) is 61.1 Å². The van der Waals surface area contributed by atoms with Crippen LogP contribution in [0.1, 0.15) is 12.5 Å². The van der Waals surface area contributed by atoms with E-state index in [1.165, 1.54) is 12.4 Å². The van der Waals surface area contributed by atoms with Gasteiger partial charge in [-0.25, -0.2) is 14.5 Å². The quantitative estimate of drug-likeness (QED) is 0.254. The van der Waals surface area contributed by atoms with Crippen molar-refractivity contribution in [1.29, 1.82) is 0 Å². The summed E-state index contributed by atoms with van der Waals surface area (Å²) >= 11 is 0. The van der Waals surface area contributed by atoms with E-state index in [4.69, 9.17) is 19.2 Å². The fraction of sp³-hybridized carbons (Fsp3) is 0.259. The van der Waals surface area contributed by atoms with Crippen molar-refractivity contribution in [2.45, 2.75) is 6.92 Å². The number of rotatable bonds is 9. The van der Waals surface area contributed by atoms with E-state index in [0.29, 0.717) is 50.3 Å². The molecule has 0 aliphatic carbocycles. The van der Waals surface area contributed by atoms with Crippen LogP contribution < -0.4 is 15.0 Å².